The van der Waals surface area contributed by atoms with Crippen LogP contribution in [0.25, 0.3) is 0 Å². The Morgan fingerprint density at radius 1 is 1.29 bits per heavy atom. The molecule has 0 aromatic rings. The molecule has 3 heteroatoms. The second-order valence-electron chi connectivity index (χ2n) is 6.71. The van der Waals surface area contributed by atoms with Crippen LogP contribution in [0.1, 0.15) is 47.0 Å². The highest BCUT2D eigenvalue weighted by Crippen LogP contribution is 2.29. The molecule has 102 valence electrons. The fourth-order valence-electron chi connectivity index (χ4n) is 2.35. The average molecular weight is 258 g/mol. The first-order valence-electron chi connectivity index (χ1n) is 6.91. The van der Waals surface area contributed by atoms with Crippen LogP contribution in [-0.4, -0.2) is 41.6 Å². The maximum absolute atomic E-state index is 5.75. The van der Waals surface area contributed by atoms with E-state index in [1.165, 1.54) is 44.6 Å². The van der Waals surface area contributed by atoms with Gasteiger partial charge in [-0.25, -0.2) is 0 Å². The van der Waals surface area contributed by atoms with Crippen LogP contribution in [0, 0.1) is 5.41 Å². The zero-order chi connectivity index (χ0) is 12.9. The number of unbranched alkanes of at least 4 members (excludes halogenated alkanes) is 1. The summed E-state index contributed by atoms with van der Waals surface area (Å²) in [6, 6.07) is 0. The number of hydrogen-bond acceptors (Lipinski definition) is 3. The second kappa shape index (κ2) is 6.44. The van der Waals surface area contributed by atoms with E-state index in [9.17, 15) is 0 Å². The lowest BCUT2D eigenvalue weighted by Crippen LogP contribution is -2.43. The smallest absolute Gasteiger partial charge is 0.0231 e. The highest BCUT2D eigenvalue weighted by Gasteiger charge is 2.26. The molecule has 0 spiro atoms. The minimum atomic E-state index is 0.330. The third kappa shape index (κ3) is 6.12. The molecule has 0 saturated carbocycles. The minimum absolute atomic E-state index is 0.330. The SMILES string of the molecule is CC(C)(CN)CCCCN1CCSC(C)(C)C1. The Kier molecular flexibility index (Phi) is 5.81. The van der Waals surface area contributed by atoms with Crippen molar-refractivity contribution in [1.29, 1.82) is 0 Å². The first-order chi connectivity index (χ1) is 7.85. The third-order valence-electron chi connectivity index (χ3n) is 3.64. The zero-order valence-electron chi connectivity index (χ0n) is 12.1. The fraction of sp³-hybridized carbons (Fsp3) is 1.00. The molecular formula is C14H30N2S. The first-order valence-corrected chi connectivity index (χ1v) is 7.90. The average Bonchev–Trinajstić information content (AvgIpc) is 2.23. The molecule has 2 nitrogen and oxygen atoms in total. The van der Waals surface area contributed by atoms with Gasteiger partial charge in [0.25, 0.3) is 0 Å². The molecule has 0 aromatic carbocycles. The Morgan fingerprint density at radius 2 is 2.00 bits per heavy atom. The lowest BCUT2D eigenvalue weighted by molar-refractivity contribution is 0.245. The Balaban J connectivity index is 2.15. The summed E-state index contributed by atoms with van der Waals surface area (Å²) in [4.78, 5) is 2.63. The Bertz CT molecular complexity index is 226. The second-order valence-corrected chi connectivity index (χ2v) is 8.51. The van der Waals surface area contributed by atoms with Crippen LogP contribution < -0.4 is 5.73 Å². The monoisotopic (exact) mass is 258 g/mol. The Labute approximate surface area is 112 Å². The van der Waals surface area contributed by atoms with Crippen LogP contribution in [0.2, 0.25) is 0 Å². The van der Waals surface area contributed by atoms with E-state index in [0.717, 1.165) is 6.54 Å². The van der Waals surface area contributed by atoms with Crippen molar-refractivity contribution in [3.05, 3.63) is 0 Å². The molecule has 0 aromatic heterocycles. The van der Waals surface area contributed by atoms with Crippen LogP contribution >= 0.6 is 11.8 Å². The van der Waals surface area contributed by atoms with Gasteiger partial charge in [-0.15, -0.1) is 0 Å². The summed E-state index contributed by atoms with van der Waals surface area (Å²) in [5.74, 6) is 1.29. The molecule has 0 atom stereocenters. The maximum atomic E-state index is 5.75. The van der Waals surface area contributed by atoms with Crippen molar-refractivity contribution < 1.29 is 0 Å². The van der Waals surface area contributed by atoms with Crippen LogP contribution in [0.3, 0.4) is 0 Å². The van der Waals surface area contributed by atoms with Gasteiger partial charge in [-0.3, -0.25) is 0 Å². The van der Waals surface area contributed by atoms with E-state index in [4.69, 9.17) is 5.73 Å². The topological polar surface area (TPSA) is 29.3 Å². The molecule has 1 aliphatic heterocycles. The van der Waals surface area contributed by atoms with Gasteiger partial charge in [-0.1, -0.05) is 20.3 Å². The molecule has 2 N–H and O–H groups in total. The van der Waals surface area contributed by atoms with Crippen molar-refractivity contribution in [2.45, 2.75) is 51.7 Å². The van der Waals surface area contributed by atoms with Crippen molar-refractivity contribution >= 4 is 11.8 Å². The molecule has 17 heavy (non-hydrogen) atoms. The summed E-state index contributed by atoms with van der Waals surface area (Å²) in [5.41, 5.74) is 6.08. The van der Waals surface area contributed by atoms with Crippen LogP contribution in [0.15, 0.2) is 0 Å². The van der Waals surface area contributed by atoms with Gasteiger partial charge in [0.15, 0.2) is 0 Å². The number of hydrogen-bond donors (Lipinski definition) is 1. The summed E-state index contributed by atoms with van der Waals surface area (Å²) in [6.45, 7) is 13.9. The van der Waals surface area contributed by atoms with Crippen LogP contribution in [0.5, 0.6) is 0 Å². The third-order valence-corrected chi connectivity index (χ3v) is 4.93. The molecule has 0 aliphatic carbocycles. The highest BCUT2D eigenvalue weighted by atomic mass is 32.2. The van der Waals surface area contributed by atoms with Crippen molar-refractivity contribution in [2.75, 3.05) is 31.9 Å². The van der Waals surface area contributed by atoms with E-state index in [-0.39, 0.29) is 0 Å². The number of nitrogens with two attached hydrogens (primary N) is 1. The summed E-state index contributed by atoms with van der Waals surface area (Å²) in [6.07, 6.45) is 3.90. The van der Waals surface area contributed by atoms with Crippen LogP contribution in [0.4, 0.5) is 0 Å². The Morgan fingerprint density at radius 3 is 2.59 bits per heavy atom. The van der Waals surface area contributed by atoms with Crippen molar-refractivity contribution in [3.8, 4) is 0 Å². The molecule has 1 fully saturated rings. The largest absolute Gasteiger partial charge is 0.330 e. The van der Waals surface area contributed by atoms with Gasteiger partial charge in [0.1, 0.15) is 0 Å². The molecule has 1 heterocycles. The Hall–Kier alpha value is 0.270. The summed E-state index contributed by atoms with van der Waals surface area (Å²) >= 11 is 2.11. The van der Waals surface area contributed by atoms with Gasteiger partial charge in [-0.05, 0) is 45.2 Å². The summed E-state index contributed by atoms with van der Waals surface area (Å²) < 4.78 is 0.453. The van der Waals surface area contributed by atoms with Gasteiger partial charge < -0.3 is 10.6 Å². The molecule has 0 unspecified atom stereocenters. The van der Waals surface area contributed by atoms with E-state index in [1.54, 1.807) is 0 Å². The van der Waals surface area contributed by atoms with Gasteiger partial charge in [0, 0.05) is 23.6 Å². The van der Waals surface area contributed by atoms with Gasteiger partial charge in [0.05, 0.1) is 0 Å². The number of nitrogens with zero attached hydrogens (tertiary/aromatic N) is 1. The van der Waals surface area contributed by atoms with Crippen molar-refractivity contribution in [2.24, 2.45) is 11.1 Å². The van der Waals surface area contributed by atoms with E-state index >= 15 is 0 Å². The molecule has 1 aliphatic rings. The molecule has 0 amide bonds. The predicted octanol–water partition coefficient (Wildman–Crippen LogP) is 2.97. The predicted molar refractivity (Wildman–Crippen MR) is 79.7 cm³/mol. The van der Waals surface area contributed by atoms with E-state index in [2.05, 4.69) is 44.4 Å². The first kappa shape index (κ1) is 15.3. The van der Waals surface area contributed by atoms with E-state index < -0.39 is 0 Å². The van der Waals surface area contributed by atoms with E-state index in [1.807, 2.05) is 0 Å². The van der Waals surface area contributed by atoms with Crippen molar-refractivity contribution in [1.82, 2.24) is 4.90 Å². The van der Waals surface area contributed by atoms with Gasteiger partial charge in [0.2, 0.25) is 0 Å². The zero-order valence-corrected chi connectivity index (χ0v) is 12.9. The molecule has 1 saturated heterocycles. The standard InChI is InChI=1S/C14H30N2S/c1-13(2,11-15)7-5-6-8-16-9-10-17-14(3,4)12-16/h5-12,15H2,1-4H3. The van der Waals surface area contributed by atoms with Crippen LogP contribution in [-0.2, 0) is 0 Å². The fourth-order valence-corrected chi connectivity index (χ4v) is 3.52. The van der Waals surface area contributed by atoms with Gasteiger partial charge >= 0.3 is 0 Å². The van der Waals surface area contributed by atoms with E-state index in [0.29, 0.717) is 10.2 Å². The molecule has 1 rings (SSSR count). The lowest BCUT2D eigenvalue weighted by Gasteiger charge is -2.37. The number of thioether (sulfide) groups is 1. The summed E-state index contributed by atoms with van der Waals surface area (Å²) in [5, 5.41) is 0. The highest BCUT2D eigenvalue weighted by molar-refractivity contribution is 8.00. The summed E-state index contributed by atoms with van der Waals surface area (Å²) in [7, 11) is 0. The molecule has 0 bridgehead atoms. The van der Waals surface area contributed by atoms with Gasteiger partial charge in [-0.2, -0.15) is 11.8 Å². The maximum Gasteiger partial charge on any atom is 0.0231 e. The molecule has 0 radical (unpaired) electrons. The molecular weight excluding hydrogens is 228 g/mol. The minimum Gasteiger partial charge on any atom is -0.330 e. The normalized spacial score (nSPS) is 21.7. The number of rotatable bonds is 6. The quantitative estimate of drug-likeness (QED) is 0.743. The van der Waals surface area contributed by atoms with Crippen molar-refractivity contribution in [3.63, 3.8) is 0 Å². The lowest BCUT2D eigenvalue weighted by atomic mass is 9.87.